The quantitative estimate of drug-likeness (QED) is 0.564. The Hall–Kier alpha value is -2.93. The summed E-state index contributed by atoms with van der Waals surface area (Å²) in [5.41, 5.74) is 3.82. The number of methoxy groups -OCH3 is 1. The fraction of sp³-hybridized carbons (Fsp3) is 0.280. The van der Waals surface area contributed by atoms with E-state index < -0.39 is 11.9 Å². The Morgan fingerprint density at radius 1 is 1.22 bits per heavy atom. The molecule has 0 amide bonds. The van der Waals surface area contributed by atoms with Gasteiger partial charge in [0.15, 0.2) is 5.78 Å². The zero-order valence-electron chi connectivity index (χ0n) is 17.8. The highest BCUT2D eigenvalue weighted by Gasteiger charge is 2.40. The predicted molar refractivity (Wildman–Crippen MR) is 121 cm³/mol. The smallest absolute Gasteiger partial charge is 0.336 e. The molecule has 0 radical (unpaired) electrons. The van der Waals surface area contributed by atoms with Gasteiger partial charge in [-0.25, -0.2) is 9.18 Å². The molecule has 1 aliphatic heterocycles. The third kappa shape index (κ3) is 4.35. The number of dihydropyridines is 1. The van der Waals surface area contributed by atoms with Crippen LogP contribution >= 0.6 is 15.9 Å². The molecule has 0 aromatic heterocycles. The van der Waals surface area contributed by atoms with Gasteiger partial charge >= 0.3 is 5.97 Å². The summed E-state index contributed by atoms with van der Waals surface area (Å²) >= 11 is 3.51. The number of Topliss-reactive ketones (excluding diaryl/α,β-unsaturated/α-hetero) is 1. The highest BCUT2D eigenvalue weighted by atomic mass is 79.9. The van der Waals surface area contributed by atoms with Crippen molar-refractivity contribution < 1.29 is 23.5 Å². The van der Waals surface area contributed by atoms with Crippen LogP contribution < -0.4 is 10.1 Å². The molecule has 2 aromatic carbocycles. The van der Waals surface area contributed by atoms with Gasteiger partial charge in [-0.05, 0) is 55.7 Å². The highest BCUT2D eigenvalue weighted by Crippen LogP contribution is 2.46. The molecule has 1 atom stereocenters. The van der Waals surface area contributed by atoms with Crippen molar-refractivity contribution in [2.75, 3.05) is 7.11 Å². The van der Waals surface area contributed by atoms with Crippen LogP contribution in [0.2, 0.25) is 0 Å². The van der Waals surface area contributed by atoms with E-state index in [1.165, 1.54) is 19.2 Å². The molecule has 2 aromatic rings. The number of nitrogens with one attached hydrogen (secondary N) is 1. The summed E-state index contributed by atoms with van der Waals surface area (Å²) in [4.78, 5) is 25.8. The molecule has 0 saturated heterocycles. The van der Waals surface area contributed by atoms with Crippen molar-refractivity contribution in [1.29, 1.82) is 0 Å². The van der Waals surface area contributed by atoms with Crippen LogP contribution in [0.15, 0.2) is 69.5 Å². The van der Waals surface area contributed by atoms with Gasteiger partial charge in [-0.15, -0.1) is 0 Å². The van der Waals surface area contributed by atoms with Crippen LogP contribution in [0.1, 0.15) is 43.2 Å². The molecular weight excluding hydrogens is 477 g/mol. The Labute approximate surface area is 194 Å². The van der Waals surface area contributed by atoms with Crippen molar-refractivity contribution in [3.05, 3.63) is 86.4 Å². The molecule has 1 N–H and O–H groups in total. The summed E-state index contributed by atoms with van der Waals surface area (Å²) in [6, 6.07) is 11.7. The molecule has 5 nitrogen and oxygen atoms in total. The summed E-state index contributed by atoms with van der Waals surface area (Å²) in [6.07, 6.45) is 1.93. The van der Waals surface area contributed by atoms with E-state index in [2.05, 4.69) is 21.2 Å². The number of hydrogen-bond donors (Lipinski definition) is 1. The summed E-state index contributed by atoms with van der Waals surface area (Å²) in [6.45, 7) is 1.96. The monoisotopic (exact) mass is 499 g/mol. The number of esters is 1. The van der Waals surface area contributed by atoms with Gasteiger partial charge in [0.2, 0.25) is 0 Å². The number of rotatable bonds is 5. The molecule has 0 bridgehead atoms. The molecule has 0 saturated carbocycles. The Morgan fingerprint density at radius 2 is 2.03 bits per heavy atom. The largest absolute Gasteiger partial charge is 0.489 e. The number of hydrogen-bond acceptors (Lipinski definition) is 5. The van der Waals surface area contributed by atoms with Gasteiger partial charge in [0, 0.05) is 33.4 Å². The molecule has 1 unspecified atom stereocenters. The Kier molecular flexibility index (Phi) is 6.46. The molecule has 0 spiro atoms. The molecule has 1 heterocycles. The lowest BCUT2D eigenvalue weighted by molar-refractivity contribution is -0.136. The van der Waals surface area contributed by atoms with Gasteiger partial charge in [0.1, 0.15) is 18.2 Å². The zero-order chi connectivity index (χ0) is 22.8. The van der Waals surface area contributed by atoms with Gasteiger partial charge in [-0.3, -0.25) is 4.79 Å². The Morgan fingerprint density at radius 3 is 2.78 bits per heavy atom. The van der Waals surface area contributed by atoms with Crippen molar-refractivity contribution in [2.45, 2.75) is 38.7 Å². The molecule has 0 fully saturated rings. The van der Waals surface area contributed by atoms with Gasteiger partial charge in [0.25, 0.3) is 0 Å². The second-order valence-electron chi connectivity index (χ2n) is 7.86. The maximum Gasteiger partial charge on any atom is 0.336 e. The topological polar surface area (TPSA) is 64.6 Å². The van der Waals surface area contributed by atoms with E-state index in [0.29, 0.717) is 40.1 Å². The Bertz CT molecular complexity index is 1150. The summed E-state index contributed by atoms with van der Waals surface area (Å²) in [5, 5.41) is 3.26. The average molecular weight is 500 g/mol. The fourth-order valence-corrected chi connectivity index (χ4v) is 4.72. The third-order valence-electron chi connectivity index (χ3n) is 5.75. The van der Waals surface area contributed by atoms with Crippen molar-refractivity contribution >= 4 is 27.7 Å². The minimum absolute atomic E-state index is 0.00806. The molecule has 1 aliphatic carbocycles. The molecule has 2 aliphatic rings. The molecular formula is C25H23BrFNO4. The highest BCUT2D eigenvalue weighted by molar-refractivity contribution is 9.10. The van der Waals surface area contributed by atoms with Crippen LogP contribution in [-0.4, -0.2) is 18.9 Å². The van der Waals surface area contributed by atoms with Crippen LogP contribution in [0, 0.1) is 5.82 Å². The minimum atomic E-state index is -0.619. The summed E-state index contributed by atoms with van der Waals surface area (Å²) < 4.78 is 25.5. The van der Waals surface area contributed by atoms with Gasteiger partial charge < -0.3 is 14.8 Å². The standard InChI is InChI=1S/C25H23BrFNO4/c1-14-22(25(30)31-2)23(24-19(28-14)7-4-8-20(24)29)18-12-16(26)9-10-21(18)32-13-15-5-3-6-17(27)11-15/h3,5-6,9-12,23,28H,4,7-8,13H2,1-2H3. The van der Waals surface area contributed by atoms with Crippen molar-refractivity contribution in [3.8, 4) is 5.75 Å². The van der Waals surface area contributed by atoms with Gasteiger partial charge in [0.05, 0.1) is 18.6 Å². The zero-order valence-corrected chi connectivity index (χ0v) is 19.4. The number of allylic oxidation sites excluding steroid dienone is 3. The second-order valence-corrected chi connectivity index (χ2v) is 8.77. The number of halogens is 2. The first-order valence-corrected chi connectivity index (χ1v) is 11.2. The molecule has 7 heteroatoms. The van der Waals surface area contributed by atoms with Crippen molar-refractivity contribution in [1.82, 2.24) is 5.32 Å². The first-order chi connectivity index (χ1) is 15.4. The lowest BCUT2D eigenvalue weighted by Crippen LogP contribution is -2.34. The normalized spacial score (nSPS) is 18.2. The van der Waals surface area contributed by atoms with Gasteiger partial charge in [-0.1, -0.05) is 28.1 Å². The van der Waals surface area contributed by atoms with Crippen LogP contribution in [-0.2, 0) is 20.9 Å². The summed E-state index contributed by atoms with van der Waals surface area (Å²) in [5.74, 6) is -0.931. The summed E-state index contributed by atoms with van der Waals surface area (Å²) in [7, 11) is 1.33. The van der Waals surface area contributed by atoms with Crippen LogP contribution in [0.5, 0.6) is 5.75 Å². The number of carbonyl (C=O) groups excluding carboxylic acids is 2. The SMILES string of the molecule is COC(=O)C1=C(C)NC2=C(C(=O)CCC2)C1c1cc(Br)ccc1OCc1cccc(F)c1. The first-order valence-electron chi connectivity index (χ1n) is 10.4. The number of benzene rings is 2. The maximum absolute atomic E-state index is 13.6. The minimum Gasteiger partial charge on any atom is -0.489 e. The van der Waals surface area contributed by atoms with Gasteiger partial charge in [-0.2, -0.15) is 0 Å². The molecule has 4 rings (SSSR count). The number of ether oxygens (including phenoxy) is 2. The van der Waals surface area contributed by atoms with Crippen LogP contribution in [0.4, 0.5) is 4.39 Å². The van der Waals surface area contributed by atoms with E-state index in [1.54, 1.807) is 18.2 Å². The van der Waals surface area contributed by atoms with E-state index in [4.69, 9.17) is 9.47 Å². The van der Waals surface area contributed by atoms with E-state index >= 15 is 0 Å². The van der Waals surface area contributed by atoms with Crippen LogP contribution in [0.3, 0.4) is 0 Å². The van der Waals surface area contributed by atoms with E-state index in [-0.39, 0.29) is 18.2 Å². The van der Waals surface area contributed by atoms with Crippen LogP contribution in [0.25, 0.3) is 0 Å². The average Bonchev–Trinajstić information content (AvgIpc) is 2.77. The van der Waals surface area contributed by atoms with Crippen molar-refractivity contribution in [2.24, 2.45) is 0 Å². The second kappa shape index (κ2) is 9.28. The van der Waals surface area contributed by atoms with E-state index in [1.807, 2.05) is 19.1 Å². The maximum atomic E-state index is 13.6. The first kappa shape index (κ1) is 22.3. The predicted octanol–water partition coefficient (Wildman–Crippen LogP) is 5.31. The van der Waals surface area contributed by atoms with E-state index in [9.17, 15) is 14.0 Å². The van der Waals surface area contributed by atoms with E-state index in [0.717, 1.165) is 23.0 Å². The fourth-order valence-electron chi connectivity index (χ4n) is 4.34. The lowest BCUT2D eigenvalue weighted by atomic mass is 9.75. The lowest BCUT2D eigenvalue weighted by Gasteiger charge is -2.34. The third-order valence-corrected chi connectivity index (χ3v) is 6.24. The number of ketones is 1. The molecule has 166 valence electrons. The number of carbonyl (C=O) groups is 2. The Balaban J connectivity index is 1.81. The molecule has 32 heavy (non-hydrogen) atoms. The van der Waals surface area contributed by atoms with Crippen molar-refractivity contribution in [3.63, 3.8) is 0 Å².